The topological polar surface area (TPSA) is 88.9 Å². The second kappa shape index (κ2) is 8.83. The molecule has 2 aromatic heterocycles. The van der Waals surface area contributed by atoms with Crippen LogP contribution >= 0.6 is 23.1 Å². The van der Waals surface area contributed by atoms with Gasteiger partial charge in [0.05, 0.1) is 10.1 Å². The smallest absolute Gasteiger partial charge is 0.308 e. The lowest BCUT2D eigenvalue weighted by molar-refractivity contribution is -0.119. The molecule has 1 unspecified atom stereocenters. The van der Waals surface area contributed by atoms with Gasteiger partial charge in [0, 0.05) is 12.2 Å². The minimum atomic E-state index is -0.560. The highest BCUT2D eigenvalue weighted by molar-refractivity contribution is 8.00. The predicted molar refractivity (Wildman–Crippen MR) is 108 cm³/mol. The number of imide groups is 1. The van der Waals surface area contributed by atoms with Gasteiger partial charge in [0.2, 0.25) is 5.91 Å². The number of rotatable bonds is 6. The minimum absolute atomic E-state index is 0.392. The second-order valence-corrected chi connectivity index (χ2v) is 7.85. The van der Waals surface area contributed by atoms with Crippen LogP contribution in [0.15, 0.2) is 53.0 Å². The lowest BCUT2D eigenvalue weighted by atomic mass is 10.3. The first-order valence-corrected chi connectivity index (χ1v) is 10.1. The van der Waals surface area contributed by atoms with Crippen molar-refractivity contribution in [3.63, 3.8) is 0 Å². The Hall–Kier alpha value is -2.65. The number of carbonyl (C=O) groups is 2. The summed E-state index contributed by atoms with van der Waals surface area (Å²) in [5.41, 5.74) is 0.620. The molecule has 0 fully saturated rings. The molecule has 9 heteroatoms. The Morgan fingerprint density at radius 1 is 1.19 bits per heavy atom. The maximum Gasteiger partial charge on any atom is 0.325 e. The van der Waals surface area contributed by atoms with Crippen molar-refractivity contribution in [1.82, 2.24) is 20.1 Å². The van der Waals surface area contributed by atoms with Gasteiger partial charge in [-0.05, 0) is 37.4 Å². The number of thioether (sulfide) groups is 1. The Bertz CT molecular complexity index is 909. The van der Waals surface area contributed by atoms with E-state index in [9.17, 15) is 9.59 Å². The fraction of sp³-hybridized carbons (Fsp3) is 0.222. The van der Waals surface area contributed by atoms with E-state index in [0.717, 1.165) is 10.7 Å². The molecule has 3 aromatic rings. The van der Waals surface area contributed by atoms with Crippen LogP contribution in [0, 0.1) is 0 Å². The number of para-hydroxylation sites is 1. The lowest BCUT2D eigenvalue weighted by Crippen LogP contribution is -2.38. The summed E-state index contributed by atoms with van der Waals surface area (Å²) in [5.74, 6) is 0.390. The Balaban J connectivity index is 1.62. The Kier molecular flexibility index (Phi) is 6.25. The van der Waals surface area contributed by atoms with E-state index in [1.54, 1.807) is 42.5 Å². The molecule has 0 saturated carbocycles. The highest BCUT2D eigenvalue weighted by Crippen LogP contribution is 2.29. The van der Waals surface area contributed by atoms with Crippen LogP contribution in [0.4, 0.5) is 10.5 Å². The van der Waals surface area contributed by atoms with Crippen molar-refractivity contribution in [1.29, 1.82) is 0 Å². The average Bonchev–Trinajstić information content (AvgIpc) is 3.31. The van der Waals surface area contributed by atoms with Crippen LogP contribution < -0.4 is 10.6 Å². The Labute approximate surface area is 165 Å². The first-order valence-electron chi connectivity index (χ1n) is 8.39. The number of nitrogens with zero attached hydrogens (tertiary/aromatic N) is 3. The molecule has 1 atom stereocenters. The van der Waals surface area contributed by atoms with Crippen molar-refractivity contribution in [2.75, 3.05) is 5.32 Å². The summed E-state index contributed by atoms with van der Waals surface area (Å²) < 4.78 is 1.96. The fourth-order valence-electron chi connectivity index (χ4n) is 2.36. The van der Waals surface area contributed by atoms with E-state index in [0.29, 0.717) is 17.4 Å². The third kappa shape index (κ3) is 4.75. The van der Waals surface area contributed by atoms with E-state index in [-0.39, 0.29) is 0 Å². The van der Waals surface area contributed by atoms with Gasteiger partial charge in [0.15, 0.2) is 11.0 Å². The lowest BCUT2D eigenvalue weighted by Gasteiger charge is -2.12. The van der Waals surface area contributed by atoms with Crippen molar-refractivity contribution in [3.8, 4) is 10.7 Å². The normalized spacial score (nSPS) is 11.8. The zero-order valence-corrected chi connectivity index (χ0v) is 16.5. The fourth-order valence-corrected chi connectivity index (χ4v) is 3.99. The number of hydrogen-bond acceptors (Lipinski definition) is 6. The number of aromatic nitrogens is 3. The highest BCUT2D eigenvalue weighted by Gasteiger charge is 2.22. The second-order valence-electron chi connectivity index (χ2n) is 5.60. The minimum Gasteiger partial charge on any atom is -0.308 e. The largest absolute Gasteiger partial charge is 0.325 e. The summed E-state index contributed by atoms with van der Waals surface area (Å²) >= 11 is 2.86. The molecular formula is C18H19N5O2S2. The molecule has 0 aliphatic rings. The first kappa shape index (κ1) is 19.1. The molecule has 3 amide bonds. The summed E-state index contributed by atoms with van der Waals surface area (Å²) in [7, 11) is 0. The molecule has 140 valence electrons. The predicted octanol–water partition coefficient (Wildman–Crippen LogP) is 3.86. The molecule has 1 aromatic carbocycles. The molecule has 0 aliphatic carbocycles. The van der Waals surface area contributed by atoms with Crippen LogP contribution in [0.2, 0.25) is 0 Å². The highest BCUT2D eigenvalue weighted by atomic mass is 32.2. The number of hydrogen-bond donors (Lipinski definition) is 2. The number of anilines is 1. The number of carbonyl (C=O) groups excluding carboxylic acids is 2. The van der Waals surface area contributed by atoms with Crippen molar-refractivity contribution in [2.24, 2.45) is 0 Å². The molecule has 2 heterocycles. The molecule has 0 saturated heterocycles. The molecule has 27 heavy (non-hydrogen) atoms. The number of benzene rings is 1. The van der Waals surface area contributed by atoms with Gasteiger partial charge in [-0.3, -0.25) is 10.1 Å². The van der Waals surface area contributed by atoms with Crippen LogP contribution in [0.1, 0.15) is 13.8 Å². The van der Waals surface area contributed by atoms with E-state index in [2.05, 4.69) is 20.8 Å². The molecule has 7 nitrogen and oxygen atoms in total. The van der Waals surface area contributed by atoms with E-state index in [4.69, 9.17) is 0 Å². The molecular weight excluding hydrogens is 382 g/mol. The van der Waals surface area contributed by atoms with E-state index < -0.39 is 17.2 Å². The van der Waals surface area contributed by atoms with Gasteiger partial charge in [0.25, 0.3) is 0 Å². The molecule has 0 bridgehead atoms. The van der Waals surface area contributed by atoms with Gasteiger partial charge in [-0.15, -0.1) is 21.5 Å². The molecule has 3 rings (SSSR count). The van der Waals surface area contributed by atoms with Gasteiger partial charge in [0.1, 0.15) is 0 Å². The summed E-state index contributed by atoms with van der Waals surface area (Å²) in [6, 6.07) is 12.3. The van der Waals surface area contributed by atoms with Gasteiger partial charge in [-0.2, -0.15) is 0 Å². The van der Waals surface area contributed by atoms with Crippen LogP contribution in [0.3, 0.4) is 0 Å². The van der Waals surface area contributed by atoms with E-state index >= 15 is 0 Å². The molecule has 0 radical (unpaired) electrons. The maximum atomic E-state index is 12.3. The van der Waals surface area contributed by atoms with Crippen molar-refractivity contribution in [3.05, 3.63) is 47.8 Å². The molecule has 0 spiro atoms. The monoisotopic (exact) mass is 401 g/mol. The molecule has 2 N–H and O–H groups in total. The van der Waals surface area contributed by atoms with E-state index in [1.807, 2.05) is 35.1 Å². The van der Waals surface area contributed by atoms with Crippen molar-refractivity contribution in [2.45, 2.75) is 30.8 Å². The SMILES string of the molecule is CCn1c(SC(C)C(=O)NC(=O)Nc2ccccc2)nnc1-c1cccs1. The maximum absolute atomic E-state index is 12.3. The summed E-state index contributed by atoms with van der Waals surface area (Å²) in [6.45, 7) is 4.42. The Morgan fingerprint density at radius 3 is 2.63 bits per heavy atom. The van der Waals surface area contributed by atoms with Crippen LogP contribution in [0.25, 0.3) is 10.7 Å². The first-order chi connectivity index (χ1) is 13.1. The van der Waals surface area contributed by atoms with Gasteiger partial charge >= 0.3 is 6.03 Å². The summed E-state index contributed by atoms with van der Waals surface area (Å²) in [5, 5.41) is 15.6. The number of urea groups is 1. The van der Waals surface area contributed by atoms with E-state index in [1.165, 1.54) is 11.8 Å². The summed E-state index contributed by atoms with van der Waals surface area (Å²) in [6.07, 6.45) is 0. The Morgan fingerprint density at radius 2 is 1.96 bits per heavy atom. The third-order valence-corrected chi connectivity index (χ3v) is 5.64. The third-order valence-electron chi connectivity index (χ3n) is 3.69. The number of nitrogens with one attached hydrogen (secondary N) is 2. The van der Waals surface area contributed by atoms with Gasteiger partial charge < -0.3 is 9.88 Å². The van der Waals surface area contributed by atoms with Crippen molar-refractivity contribution >= 4 is 40.7 Å². The van der Waals surface area contributed by atoms with Crippen molar-refractivity contribution < 1.29 is 9.59 Å². The average molecular weight is 402 g/mol. The molecule has 0 aliphatic heterocycles. The zero-order chi connectivity index (χ0) is 19.2. The standard InChI is InChI=1S/C18H19N5O2S2/c1-3-23-15(14-10-7-11-26-14)21-22-18(23)27-12(2)16(24)20-17(25)19-13-8-5-4-6-9-13/h4-12H,3H2,1-2H3,(H2,19,20,24,25). The summed E-state index contributed by atoms with van der Waals surface area (Å²) in [4.78, 5) is 25.3. The number of thiophene rings is 1. The van der Waals surface area contributed by atoms with Crippen LogP contribution in [-0.2, 0) is 11.3 Å². The van der Waals surface area contributed by atoms with Gasteiger partial charge in [-0.1, -0.05) is 36.0 Å². The van der Waals surface area contributed by atoms with Crippen LogP contribution in [-0.4, -0.2) is 32.0 Å². The van der Waals surface area contributed by atoms with Crippen LogP contribution in [0.5, 0.6) is 0 Å². The van der Waals surface area contributed by atoms with Gasteiger partial charge in [-0.25, -0.2) is 4.79 Å². The zero-order valence-electron chi connectivity index (χ0n) is 14.9. The quantitative estimate of drug-likeness (QED) is 0.613. The number of amides is 3.